The number of aromatic nitrogens is 1. The average Bonchev–Trinajstić information content (AvgIpc) is 2.56. The van der Waals surface area contributed by atoms with Crippen molar-refractivity contribution < 1.29 is 14.3 Å². The van der Waals surface area contributed by atoms with Crippen LogP contribution in [0.15, 0.2) is 32.3 Å². The lowest BCUT2D eigenvalue weighted by Gasteiger charge is -2.17. The molecule has 0 fully saturated rings. The molecule has 1 heterocycles. The Kier molecular flexibility index (Phi) is 2.74. The van der Waals surface area contributed by atoms with Gasteiger partial charge in [-0.25, -0.2) is 4.79 Å². The number of rotatable bonds is 3. The summed E-state index contributed by atoms with van der Waals surface area (Å²) in [5.41, 5.74) is 1.04. The minimum absolute atomic E-state index is 0.432. The molecule has 1 aromatic carbocycles. The molecule has 0 saturated carbocycles. The summed E-state index contributed by atoms with van der Waals surface area (Å²) < 4.78 is 3.99. The molecule has 2 aromatic rings. The van der Waals surface area contributed by atoms with Gasteiger partial charge in [-0.1, -0.05) is 0 Å². The van der Waals surface area contributed by atoms with Gasteiger partial charge in [0, 0.05) is 4.90 Å². The Labute approximate surface area is 101 Å². The first-order chi connectivity index (χ1) is 7.88. The number of H-pyrrole nitrogens is 1. The van der Waals surface area contributed by atoms with Crippen LogP contribution in [-0.4, -0.2) is 20.8 Å². The Bertz CT molecular complexity index is 626. The second-order valence-corrected chi connectivity index (χ2v) is 5.79. The number of oxazole rings is 1. The molecule has 2 N–H and O–H groups in total. The van der Waals surface area contributed by atoms with Gasteiger partial charge in [-0.15, -0.1) is 11.8 Å². The Hall–Kier alpha value is -1.69. The lowest BCUT2D eigenvalue weighted by Crippen LogP contribution is -2.26. The predicted molar refractivity (Wildman–Crippen MR) is 64.4 cm³/mol. The summed E-state index contributed by atoms with van der Waals surface area (Å²) >= 11 is 1.20. The van der Waals surface area contributed by atoms with E-state index >= 15 is 0 Å². The topological polar surface area (TPSA) is 83.3 Å². The van der Waals surface area contributed by atoms with Crippen molar-refractivity contribution in [2.45, 2.75) is 23.5 Å². The average molecular weight is 253 g/mol. The second-order valence-electron chi connectivity index (χ2n) is 4.09. The fourth-order valence-electron chi connectivity index (χ4n) is 1.33. The summed E-state index contributed by atoms with van der Waals surface area (Å²) in [6.45, 7) is 3.25. The highest BCUT2D eigenvalue weighted by Gasteiger charge is 2.28. The van der Waals surface area contributed by atoms with Crippen molar-refractivity contribution in [1.82, 2.24) is 4.98 Å². The Balaban J connectivity index is 2.37. The number of aromatic amines is 1. The number of hydrogen-bond donors (Lipinski definition) is 2. The number of fused-ring (bicyclic) bond motifs is 1. The second kappa shape index (κ2) is 3.96. The van der Waals surface area contributed by atoms with Crippen LogP contribution in [0.25, 0.3) is 11.1 Å². The first kappa shape index (κ1) is 11.8. The molecule has 17 heavy (non-hydrogen) atoms. The molecule has 0 spiro atoms. The molecule has 90 valence electrons. The van der Waals surface area contributed by atoms with Crippen LogP contribution in [-0.2, 0) is 4.79 Å². The maximum absolute atomic E-state index is 11.0. The van der Waals surface area contributed by atoms with E-state index in [1.54, 1.807) is 32.0 Å². The Morgan fingerprint density at radius 3 is 2.82 bits per heavy atom. The van der Waals surface area contributed by atoms with E-state index in [4.69, 9.17) is 9.52 Å². The van der Waals surface area contributed by atoms with Gasteiger partial charge in [-0.2, -0.15) is 0 Å². The SMILES string of the molecule is CC(C)(Sc1ccc2[nH]c(=O)oc2c1)C(=O)O. The summed E-state index contributed by atoms with van der Waals surface area (Å²) in [7, 11) is 0. The highest BCUT2D eigenvalue weighted by molar-refractivity contribution is 8.01. The van der Waals surface area contributed by atoms with Crippen molar-refractivity contribution in [1.29, 1.82) is 0 Å². The number of carboxylic acid groups (broad SMARTS) is 1. The van der Waals surface area contributed by atoms with E-state index in [0.717, 1.165) is 4.90 Å². The number of thioether (sulfide) groups is 1. The lowest BCUT2D eigenvalue weighted by atomic mass is 10.2. The van der Waals surface area contributed by atoms with Crippen LogP contribution in [0.5, 0.6) is 0 Å². The van der Waals surface area contributed by atoms with Crippen LogP contribution >= 0.6 is 11.8 Å². The van der Waals surface area contributed by atoms with Crippen molar-refractivity contribution in [2.24, 2.45) is 0 Å². The van der Waals surface area contributed by atoms with E-state index in [2.05, 4.69) is 4.98 Å². The number of benzene rings is 1. The molecule has 2 rings (SSSR count). The molecule has 0 aliphatic heterocycles. The van der Waals surface area contributed by atoms with E-state index in [1.807, 2.05) is 0 Å². The monoisotopic (exact) mass is 253 g/mol. The molecule has 0 aliphatic carbocycles. The standard InChI is InChI=1S/C11H11NO4S/c1-11(2,9(13)14)17-6-3-4-7-8(5-6)16-10(15)12-7/h3-5H,1-2H3,(H,12,15)(H,13,14). The molecule has 0 unspecified atom stereocenters. The first-order valence-corrected chi connectivity index (χ1v) is 5.75. The number of carbonyl (C=O) groups is 1. The molecule has 6 heteroatoms. The first-order valence-electron chi connectivity index (χ1n) is 4.94. The molecule has 0 radical (unpaired) electrons. The van der Waals surface area contributed by atoms with E-state index in [1.165, 1.54) is 11.8 Å². The van der Waals surface area contributed by atoms with Crippen molar-refractivity contribution >= 4 is 28.8 Å². The molecule has 0 atom stereocenters. The summed E-state index contributed by atoms with van der Waals surface area (Å²) in [5.74, 6) is -1.40. The lowest BCUT2D eigenvalue weighted by molar-refractivity contribution is -0.138. The largest absolute Gasteiger partial charge is 0.480 e. The summed E-state index contributed by atoms with van der Waals surface area (Å²) in [6.07, 6.45) is 0. The Morgan fingerprint density at radius 2 is 2.18 bits per heavy atom. The maximum Gasteiger partial charge on any atom is 0.417 e. The molecule has 1 aromatic heterocycles. The zero-order chi connectivity index (χ0) is 12.6. The fourth-order valence-corrected chi connectivity index (χ4v) is 2.31. The predicted octanol–water partition coefficient (Wildman–Crippen LogP) is 2.08. The van der Waals surface area contributed by atoms with Crippen molar-refractivity contribution in [3.8, 4) is 0 Å². The fraction of sp³-hybridized carbons (Fsp3) is 0.273. The van der Waals surface area contributed by atoms with Crippen LogP contribution in [0.4, 0.5) is 0 Å². The normalized spacial score (nSPS) is 11.9. The van der Waals surface area contributed by atoms with Gasteiger partial charge in [0.15, 0.2) is 5.58 Å². The van der Waals surface area contributed by atoms with Gasteiger partial charge in [0.25, 0.3) is 0 Å². The zero-order valence-corrected chi connectivity index (χ0v) is 10.1. The maximum atomic E-state index is 11.0. The van der Waals surface area contributed by atoms with Crippen LogP contribution in [0.1, 0.15) is 13.8 Å². The Morgan fingerprint density at radius 1 is 1.47 bits per heavy atom. The van der Waals surface area contributed by atoms with Gasteiger partial charge >= 0.3 is 11.7 Å². The molecular weight excluding hydrogens is 242 g/mol. The third kappa shape index (κ3) is 2.36. The van der Waals surface area contributed by atoms with Gasteiger partial charge in [0.1, 0.15) is 4.75 Å². The summed E-state index contributed by atoms with van der Waals surface area (Å²) in [4.78, 5) is 25.2. The van der Waals surface area contributed by atoms with Crippen molar-refractivity contribution in [3.05, 3.63) is 28.7 Å². The molecule has 0 bridgehead atoms. The number of nitrogens with one attached hydrogen (secondary N) is 1. The molecular formula is C11H11NO4S. The van der Waals surface area contributed by atoms with Crippen LogP contribution in [0.3, 0.4) is 0 Å². The third-order valence-electron chi connectivity index (χ3n) is 2.28. The van der Waals surface area contributed by atoms with Crippen LogP contribution < -0.4 is 5.76 Å². The number of aliphatic carboxylic acids is 1. The van der Waals surface area contributed by atoms with E-state index in [9.17, 15) is 9.59 Å². The van der Waals surface area contributed by atoms with Crippen LogP contribution in [0.2, 0.25) is 0 Å². The minimum atomic E-state index is -0.926. The van der Waals surface area contributed by atoms with Gasteiger partial charge in [0.2, 0.25) is 0 Å². The van der Waals surface area contributed by atoms with Crippen molar-refractivity contribution in [2.75, 3.05) is 0 Å². The molecule has 0 aliphatic rings. The summed E-state index contributed by atoms with van der Waals surface area (Å²) in [5, 5.41) is 9.02. The smallest absolute Gasteiger partial charge is 0.417 e. The minimum Gasteiger partial charge on any atom is -0.480 e. The van der Waals surface area contributed by atoms with E-state index < -0.39 is 16.5 Å². The van der Waals surface area contributed by atoms with Gasteiger partial charge in [0.05, 0.1) is 5.52 Å². The quantitative estimate of drug-likeness (QED) is 0.818. The molecule has 0 saturated heterocycles. The zero-order valence-electron chi connectivity index (χ0n) is 9.31. The molecule has 5 nitrogen and oxygen atoms in total. The number of carboxylic acids is 1. The third-order valence-corrected chi connectivity index (χ3v) is 3.46. The van der Waals surface area contributed by atoms with Crippen LogP contribution in [0, 0.1) is 0 Å². The van der Waals surface area contributed by atoms with E-state index in [0.29, 0.717) is 11.1 Å². The van der Waals surface area contributed by atoms with Crippen molar-refractivity contribution in [3.63, 3.8) is 0 Å². The summed E-state index contributed by atoms with van der Waals surface area (Å²) in [6, 6.07) is 5.10. The van der Waals surface area contributed by atoms with Gasteiger partial charge in [-0.05, 0) is 32.0 Å². The highest BCUT2D eigenvalue weighted by atomic mass is 32.2. The molecule has 0 amide bonds. The van der Waals surface area contributed by atoms with E-state index in [-0.39, 0.29) is 0 Å². The number of hydrogen-bond acceptors (Lipinski definition) is 4. The van der Waals surface area contributed by atoms with Gasteiger partial charge in [-0.3, -0.25) is 9.78 Å². The van der Waals surface area contributed by atoms with Gasteiger partial charge < -0.3 is 9.52 Å². The highest BCUT2D eigenvalue weighted by Crippen LogP contribution is 2.33.